The molecule has 2 aromatic carbocycles. The first-order valence-corrected chi connectivity index (χ1v) is 9.08. The Hall–Kier alpha value is -2.49. The fourth-order valence-electron chi connectivity index (χ4n) is 2.47. The Morgan fingerprint density at radius 3 is 2.12 bits per heavy atom. The molecule has 0 spiro atoms. The van der Waals surface area contributed by atoms with Crippen molar-refractivity contribution in [2.45, 2.75) is 47.0 Å². The minimum atomic E-state index is -0.357. The Labute approximate surface area is 155 Å². The maximum atomic E-state index is 12.5. The van der Waals surface area contributed by atoms with Crippen molar-refractivity contribution in [1.29, 1.82) is 0 Å². The van der Waals surface area contributed by atoms with Gasteiger partial charge < -0.3 is 4.90 Å². The average molecular weight is 357 g/mol. The third-order valence-electron chi connectivity index (χ3n) is 3.95. The summed E-state index contributed by atoms with van der Waals surface area (Å²) in [6.45, 7) is 8.37. The molecule has 0 atom stereocenters. The lowest BCUT2D eigenvalue weighted by molar-refractivity contribution is -0.116. The Kier molecular flexibility index (Phi) is 9.27. The topological polar surface area (TPSA) is 37.4 Å². The number of rotatable bonds is 6. The lowest BCUT2D eigenvalue weighted by Crippen LogP contribution is -2.28. The van der Waals surface area contributed by atoms with Crippen LogP contribution in [0.1, 0.15) is 56.5 Å². The molecule has 0 unspecified atom stereocenters. The van der Waals surface area contributed by atoms with Crippen molar-refractivity contribution in [3.05, 3.63) is 65.5 Å². The predicted octanol–water partition coefficient (Wildman–Crippen LogP) is 5.43. The minimum absolute atomic E-state index is 0.0236. The van der Waals surface area contributed by atoms with E-state index in [0.717, 1.165) is 25.1 Å². The van der Waals surface area contributed by atoms with E-state index in [9.17, 15) is 14.0 Å². The number of hydrogen-bond acceptors (Lipinski definition) is 2. The summed E-state index contributed by atoms with van der Waals surface area (Å²) in [6, 6.07) is 14.0. The van der Waals surface area contributed by atoms with Gasteiger partial charge in [0.2, 0.25) is 5.91 Å². The van der Waals surface area contributed by atoms with Crippen LogP contribution in [0.2, 0.25) is 0 Å². The molecular formula is C22H28FNO2. The Balaban J connectivity index is 0.000000273. The fourth-order valence-corrected chi connectivity index (χ4v) is 2.47. The highest BCUT2D eigenvalue weighted by Crippen LogP contribution is 2.16. The molecule has 2 rings (SSSR count). The second kappa shape index (κ2) is 11.2. The molecule has 0 saturated carbocycles. The van der Waals surface area contributed by atoms with Crippen LogP contribution >= 0.6 is 0 Å². The fraction of sp³-hybridized carbons (Fsp3) is 0.364. The van der Waals surface area contributed by atoms with Crippen LogP contribution in [0.5, 0.6) is 0 Å². The van der Waals surface area contributed by atoms with Crippen molar-refractivity contribution in [3.63, 3.8) is 0 Å². The summed E-state index contributed by atoms with van der Waals surface area (Å²) in [5.41, 5.74) is 2.76. The number of anilines is 1. The van der Waals surface area contributed by atoms with Gasteiger partial charge in [-0.25, -0.2) is 4.39 Å². The number of amides is 1. The van der Waals surface area contributed by atoms with Crippen LogP contribution in [0.15, 0.2) is 48.5 Å². The van der Waals surface area contributed by atoms with E-state index in [1.165, 1.54) is 23.8 Å². The second-order valence-corrected chi connectivity index (χ2v) is 5.98. The summed E-state index contributed by atoms with van der Waals surface area (Å²) >= 11 is 0. The molecule has 0 fully saturated rings. The minimum Gasteiger partial charge on any atom is -0.313 e. The molecule has 0 N–H and O–H groups in total. The quantitative estimate of drug-likeness (QED) is 0.646. The summed E-state index contributed by atoms with van der Waals surface area (Å²) in [7, 11) is 0. The highest BCUT2D eigenvalue weighted by Gasteiger charge is 2.09. The summed E-state index contributed by atoms with van der Waals surface area (Å²) < 4.78 is 12.5. The average Bonchev–Trinajstić information content (AvgIpc) is 2.66. The SMILES string of the molecule is CCC(=O)c1cccc(F)c1.CCCN(C(C)=O)c1ccc(CC)cc1. The molecule has 26 heavy (non-hydrogen) atoms. The molecule has 3 nitrogen and oxygen atoms in total. The van der Waals surface area contributed by atoms with E-state index in [2.05, 4.69) is 26.0 Å². The normalized spacial score (nSPS) is 9.88. The summed E-state index contributed by atoms with van der Waals surface area (Å²) in [5, 5.41) is 0. The molecular weight excluding hydrogens is 329 g/mol. The number of carbonyl (C=O) groups excluding carboxylic acids is 2. The van der Waals surface area contributed by atoms with E-state index >= 15 is 0 Å². The zero-order valence-electron chi connectivity index (χ0n) is 16.1. The molecule has 0 aromatic heterocycles. The van der Waals surface area contributed by atoms with E-state index in [1.807, 2.05) is 17.0 Å². The first-order valence-electron chi connectivity index (χ1n) is 9.08. The van der Waals surface area contributed by atoms with Crippen LogP contribution in [0.4, 0.5) is 10.1 Å². The van der Waals surface area contributed by atoms with Gasteiger partial charge in [-0.2, -0.15) is 0 Å². The van der Waals surface area contributed by atoms with E-state index in [1.54, 1.807) is 19.9 Å². The molecule has 140 valence electrons. The van der Waals surface area contributed by atoms with Gasteiger partial charge in [0, 0.05) is 31.1 Å². The van der Waals surface area contributed by atoms with Gasteiger partial charge >= 0.3 is 0 Å². The van der Waals surface area contributed by atoms with Crippen LogP contribution in [0.25, 0.3) is 0 Å². The predicted molar refractivity (Wildman–Crippen MR) is 105 cm³/mol. The number of ketones is 1. The molecule has 4 heteroatoms. The molecule has 1 amide bonds. The molecule has 0 radical (unpaired) electrons. The van der Waals surface area contributed by atoms with Crippen LogP contribution in [-0.4, -0.2) is 18.2 Å². The van der Waals surface area contributed by atoms with Gasteiger partial charge in [-0.1, -0.05) is 45.0 Å². The van der Waals surface area contributed by atoms with Crippen molar-refractivity contribution in [3.8, 4) is 0 Å². The van der Waals surface area contributed by atoms with Crippen molar-refractivity contribution < 1.29 is 14.0 Å². The Bertz CT molecular complexity index is 710. The molecule has 0 saturated heterocycles. The van der Waals surface area contributed by atoms with Crippen LogP contribution in [-0.2, 0) is 11.2 Å². The molecule has 0 aliphatic heterocycles. The zero-order chi connectivity index (χ0) is 19.5. The number of halogens is 1. The van der Waals surface area contributed by atoms with Gasteiger partial charge in [0.25, 0.3) is 0 Å². The van der Waals surface area contributed by atoms with E-state index in [0.29, 0.717) is 12.0 Å². The first kappa shape index (κ1) is 21.6. The number of nitrogens with zero attached hydrogens (tertiary/aromatic N) is 1. The molecule has 0 aliphatic carbocycles. The van der Waals surface area contributed by atoms with Gasteiger partial charge in [-0.05, 0) is 42.7 Å². The van der Waals surface area contributed by atoms with E-state index in [4.69, 9.17) is 0 Å². The maximum absolute atomic E-state index is 12.5. The van der Waals surface area contributed by atoms with E-state index < -0.39 is 0 Å². The number of Topliss-reactive ketones (excluding diaryl/α,β-unsaturated/α-hetero) is 1. The molecule has 0 bridgehead atoms. The maximum Gasteiger partial charge on any atom is 0.223 e. The van der Waals surface area contributed by atoms with Crippen molar-refractivity contribution >= 4 is 17.4 Å². The zero-order valence-corrected chi connectivity index (χ0v) is 16.1. The number of aryl methyl sites for hydroxylation is 1. The molecule has 0 heterocycles. The smallest absolute Gasteiger partial charge is 0.223 e. The highest BCUT2D eigenvalue weighted by molar-refractivity contribution is 5.95. The molecule has 2 aromatic rings. The standard InChI is InChI=1S/C13H19NO.C9H9FO/c1-4-10-14(11(3)15)13-8-6-12(5-2)7-9-13;1-2-9(11)7-4-3-5-8(10)6-7/h6-9H,4-5,10H2,1-3H3;3-6H,2H2,1H3. The summed E-state index contributed by atoms with van der Waals surface area (Å²) in [5.74, 6) is -0.269. The summed E-state index contributed by atoms with van der Waals surface area (Å²) in [4.78, 5) is 24.2. The Morgan fingerprint density at radius 2 is 1.65 bits per heavy atom. The van der Waals surface area contributed by atoms with Crippen LogP contribution in [0, 0.1) is 5.82 Å². The number of hydrogen-bond donors (Lipinski definition) is 0. The van der Waals surface area contributed by atoms with Crippen molar-refractivity contribution in [1.82, 2.24) is 0 Å². The van der Waals surface area contributed by atoms with Crippen LogP contribution in [0.3, 0.4) is 0 Å². The first-order chi connectivity index (χ1) is 12.4. The van der Waals surface area contributed by atoms with Crippen LogP contribution < -0.4 is 4.90 Å². The van der Waals surface area contributed by atoms with Gasteiger partial charge in [0.15, 0.2) is 5.78 Å². The van der Waals surface area contributed by atoms with Gasteiger partial charge in [-0.15, -0.1) is 0 Å². The lowest BCUT2D eigenvalue weighted by atomic mass is 10.1. The van der Waals surface area contributed by atoms with Gasteiger partial charge in [0.05, 0.1) is 0 Å². The highest BCUT2D eigenvalue weighted by atomic mass is 19.1. The molecule has 0 aliphatic rings. The third-order valence-corrected chi connectivity index (χ3v) is 3.95. The van der Waals surface area contributed by atoms with Gasteiger partial charge in [-0.3, -0.25) is 9.59 Å². The second-order valence-electron chi connectivity index (χ2n) is 5.98. The van der Waals surface area contributed by atoms with Crippen molar-refractivity contribution in [2.75, 3.05) is 11.4 Å². The number of benzene rings is 2. The van der Waals surface area contributed by atoms with Crippen molar-refractivity contribution in [2.24, 2.45) is 0 Å². The Morgan fingerprint density at radius 1 is 1.00 bits per heavy atom. The third kappa shape index (κ3) is 6.79. The van der Waals surface area contributed by atoms with Gasteiger partial charge in [0.1, 0.15) is 5.82 Å². The van der Waals surface area contributed by atoms with E-state index in [-0.39, 0.29) is 17.5 Å². The lowest BCUT2D eigenvalue weighted by Gasteiger charge is -2.20. The summed E-state index contributed by atoms with van der Waals surface area (Å²) in [6.07, 6.45) is 2.44. The largest absolute Gasteiger partial charge is 0.313 e. The monoisotopic (exact) mass is 357 g/mol. The number of carbonyl (C=O) groups is 2.